The van der Waals surface area contributed by atoms with Gasteiger partial charge in [-0.1, -0.05) is 56.2 Å². The van der Waals surface area contributed by atoms with E-state index in [-0.39, 0.29) is 0 Å². The van der Waals surface area contributed by atoms with Gasteiger partial charge in [0, 0.05) is 0 Å². The monoisotopic (exact) mass is 280 g/mol. The van der Waals surface area contributed by atoms with Gasteiger partial charge in [-0.3, -0.25) is 0 Å². The third-order valence-electron chi connectivity index (χ3n) is 3.34. The van der Waals surface area contributed by atoms with Gasteiger partial charge < -0.3 is 4.74 Å². The van der Waals surface area contributed by atoms with Crippen molar-refractivity contribution >= 4 is 12.6 Å². The van der Waals surface area contributed by atoms with E-state index in [0.29, 0.717) is 0 Å². The fourth-order valence-electron chi connectivity index (χ4n) is 2.10. The molecule has 0 N–H and O–H groups in total. The SMILES string of the molecule is Cc1ccc(OCCCCCCCCCCS)cc1. The Bertz CT molecular complexity index is 308. The lowest BCUT2D eigenvalue weighted by molar-refractivity contribution is 0.304. The van der Waals surface area contributed by atoms with Crippen molar-refractivity contribution in [3.63, 3.8) is 0 Å². The molecule has 0 saturated heterocycles. The Kier molecular flexibility index (Phi) is 9.70. The fourth-order valence-corrected chi connectivity index (χ4v) is 2.32. The van der Waals surface area contributed by atoms with Crippen molar-refractivity contribution < 1.29 is 4.74 Å². The lowest BCUT2D eigenvalue weighted by Crippen LogP contribution is -1.97. The normalized spacial score (nSPS) is 10.6. The summed E-state index contributed by atoms with van der Waals surface area (Å²) in [6.45, 7) is 2.95. The lowest BCUT2D eigenvalue weighted by atomic mass is 10.1. The van der Waals surface area contributed by atoms with Crippen molar-refractivity contribution in [2.24, 2.45) is 0 Å². The van der Waals surface area contributed by atoms with Gasteiger partial charge in [-0.15, -0.1) is 0 Å². The van der Waals surface area contributed by atoms with Gasteiger partial charge in [-0.2, -0.15) is 12.6 Å². The Morgan fingerprint density at radius 1 is 0.789 bits per heavy atom. The Morgan fingerprint density at radius 3 is 1.89 bits per heavy atom. The standard InChI is InChI=1S/C17H28OS/c1-16-10-12-17(13-11-16)18-14-8-6-4-2-3-5-7-9-15-19/h10-13,19H,2-9,14-15H2,1H3. The van der Waals surface area contributed by atoms with Crippen LogP contribution < -0.4 is 4.74 Å². The Hall–Kier alpha value is -0.630. The van der Waals surface area contributed by atoms with E-state index in [2.05, 4.69) is 43.8 Å². The summed E-state index contributed by atoms with van der Waals surface area (Å²) in [4.78, 5) is 0. The van der Waals surface area contributed by atoms with E-state index in [9.17, 15) is 0 Å². The molecular weight excluding hydrogens is 252 g/mol. The number of ether oxygens (including phenoxy) is 1. The van der Waals surface area contributed by atoms with E-state index in [0.717, 1.165) is 18.1 Å². The van der Waals surface area contributed by atoms with Crippen molar-refractivity contribution in [2.75, 3.05) is 12.4 Å². The van der Waals surface area contributed by atoms with Crippen molar-refractivity contribution in [2.45, 2.75) is 58.3 Å². The molecule has 0 aliphatic carbocycles. The molecule has 0 aromatic heterocycles. The molecule has 0 unspecified atom stereocenters. The number of hydrogen-bond donors (Lipinski definition) is 1. The lowest BCUT2D eigenvalue weighted by Gasteiger charge is -2.06. The number of unbranched alkanes of at least 4 members (excludes halogenated alkanes) is 7. The van der Waals surface area contributed by atoms with Gasteiger partial charge in [0.1, 0.15) is 5.75 Å². The zero-order valence-corrected chi connectivity index (χ0v) is 13.1. The predicted molar refractivity (Wildman–Crippen MR) is 87.5 cm³/mol. The molecule has 0 bridgehead atoms. The third-order valence-corrected chi connectivity index (χ3v) is 3.66. The van der Waals surface area contributed by atoms with Gasteiger partial charge in [0.15, 0.2) is 0 Å². The van der Waals surface area contributed by atoms with E-state index >= 15 is 0 Å². The molecule has 0 atom stereocenters. The van der Waals surface area contributed by atoms with Crippen molar-refractivity contribution in [3.8, 4) is 5.75 Å². The summed E-state index contributed by atoms with van der Waals surface area (Å²) in [5, 5.41) is 0. The van der Waals surface area contributed by atoms with Gasteiger partial charge in [0.25, 0.3) is 0 Å². The molecular formula is C17H28OS. The quantitative estimate of drug-likeness (QED) is 0.420. The minimum absolute atomic E-state index is 0.850. The highest BCUT2D eigenvalue weighted by molar-refractivity contribution is 7.80. The van der Waals surface area contributed by atoms with E-state index in [1.165, 1.54) is 56.9 Å². The number of hydrogen-bond acceptors (Lipinski definition) is 2. The molecule has 1 rings (SSSR count). The van der Waals surface area contributed by atoms with E-state index in [1.54, 1.807) is 0 Å². The van der Waals surface area contributed by atoms with Gasteiger partial charge in [-0.05, 0) is 37.7 Å². The molecule has 0 spiro atoms. The molecule has 0 radical (unpaired) electrons. The molecule has 19 heavy (non-hydrogen) atoms. The first-order chi connectivity index (χ1) is 9.33. The van der Waals surface area contributed by atoms with Crippen LogP contribution in [0.1, 0.15) is 56.9 Å². The van der Waals surface area contributed by atoms with E-state index < -0.39 is 0 Å². The van der Waals surface area contributed by atoms with Crippen LogP contribution in [-0.2, 0) is 0 Å². The molecule has 1 aromatic carbocycles. The second kappa shape index (κ2) is 11.2. The molecule has 0 aliphatic heterocycles. The molecule has 1 aromatic rings. The van der Waals surface area contributed by atoms with Crippen molar-refractivity contribution in [3.05, 3.63) is 29.8 Å². The maximum Gasteiger partial charge on any atom is 0.119 e. The Morgan fingerprint density at radius 2 is 1.32 bits per heavy atom. The predicted octanol–water partition coefficient (Wildman–Crippen LogP) is 5.42. The number of benzene rings is 1. The third kappa shape index (κ3) is 8.99. The first kappa shape index (κ1) is 16.4. The molecule has 0 heterocycles. The summed E-state index contributed by atoms with van der Waals surface area (Å²) < 4.78 is 5.71. The average Bonchev–Trinajstić information content (AvgIpc) is 2.43. The average molecular weight is 280 g/mol. The Balaban J connectivity index is 1.87. The van der Waals surface area contributed by atoms with E-state index in [4.69, 9.17) is 4.74 Å². The van der Waals surface area contributed by atoms with Gasteiger partial charge in [0.05, 0.1) is 6.61 Å². The van der Waals surface area contributed by atoms with Crippen LogP contribution in [0.25, 0.3) is 0 Å². The van der Waals surface area contributed by atoms with Gasteiger partial charge in [-0.25, -0.2) is 0 Å². The second-order valence-corrected chi connectivity index (χ2v) is 5.66. The summed E-state index contributed by atoms with van der Waals surface area (Å²) in [5.41, 5.74) is 1.28. The van der Waals surface area contributed by atoms with Crippen molar-refractivity contribution in [1.29, 1.82) is 0 Å². The van der Waals surface area contributed by atoms with Gasteiger partial charge in [0.2, 0.25) is 0 Å². The van der Waals surface area contributed by atoms with Crippen LogP contribution in [0.2, 0.25) is 0 Å². The van der Waals surface area contributed by atoms with E-state index in [1.807, 2.05) is 0 Å². The van der Waals surface area contributed by atoms with Gasteiger partial charge >= 0.3 is 0 Å². The molecule has 0 aliphatic rings. The van der Waals surface area contributed by atoms with Crippen LogP contribution >= 0.6 is 12.6 Å². The summed E-state index contributed by atoms with van der Waals surface area (Å²) in [6, 6.07) is 8.30. The molecule has 2 heteroatoms. The highest BCUT2D eigenvalue weighted by Crippen LogP contribution is 2.13. The van der Waals surface area contributed by atoms with Crippen LogP contribution in [0.3, 0.4) is 0 Å². The fraction of sp³-hybridized carbons (Fsp3) is 0.647. The molecule has 0 amide bonds. The largest absolute Gasteiger partial charge is 0.494 e. The van der Waals surface area contributed by atoms with Crippen LogP contribution in [0.15, 0.2) is 24.3 Å². The van der Waals surface area contributed by atoms with Crippen LogP contribution in [0.4, 0.5) is 0 Å². The summed E-state index contributed by atoms with van der Waals surface area (Å²) in [5.74, 6) is 2.04. The molecule has 0 saturated carbocycles. The van der Waals surface area contributed by atoms with Crippen LogP contribution in [-0.4, -0.2) is 12.4 Å². The molecule has 0 fully saturated rings. The maximum absolute atomic E-state index is 5.71. The van der Waals surface area contributed by atoms with Crippen molar-refractivity contribution in [1.82, 2.24) is 0 Å². The number of rotatable bonds is 11. The molecule has 1 nitrogen and oxygen atoms in total. The van der Waals surface area contributed by atoms with Crippen LogP contribution in [0.5, 0.6) is 5.75 Å². The van der Waals surface area contributed by atoms with Crippen LogP contribution in [0, 0.1) is 6.92 Å². The second-order valence-electron chi connectivity index (χ2n) is 5.21. The first-order valence-electron chi connectivity index (χ1n) is 7.63. The number of aryl methyl sites for hydroxylation is 1. The maximum atomic E-state index is 5.71. The zero-order valence-electron chi connectivity index (χ0n) is 12.2. The minimum atomic E-state index is 0.850. The Labute approximate surface area is 124 Å². The summed E-state index contributed by atoms with van der Waals surface area (Å²) in [6.07, 6.45) is 10.6. The highest BCUT2D eigenvalue weighted by Gasteiger charge is 1.94. The first-order valence-corrected chi connectivity index (χ1v) is 8.26. The number of thiol groups is 1. The summed E-state index contributed by atoms with van der Waals surface area (Å²) >= 11 is 4.22. The molecule has 108 valence electrons. The minimum Gasteiger partial charge on any atom is -0.494 e. The zero-order chi connectivity index (χ0) is 13.8. The topological polar surface area (TPSA) is 9.23 Å². The summed E-state index contributed by atoms with van der Waals surface area (Å²) in [7, 11) is 0. The smallest absolute Gasteiger partial charge is 0.119 e. The highest BCUT2D eigenvalue weighted by atomic mass is 32.1.